The molecule has 3 N–H and O–H groups in total. The lowest BCUT2D eigenvalue weighted by atomic mass is 9.97. The molecule has 1 aromatic carbocycles. The number of phenols is 1. The highest BCUT2D eigenvalue weighted by atomic mass is 33.1. The zero-order valence-corrected chi connectivity index (χ0v) is 14.1. The third kappa shape index (κ3) is 7.64. The SMILES string of the molecule is CSSCCOC(=O)[C@@H](C)C[C@@H](N)Cc1ccc(O)cc1. The molecule has 0 saturated carbocycles. The second kappa shape index (κ2) is 9.97. The van der Waals surface area contributed by atoms with Gasteiger partial charge < -0.3 is 15.6 Å². The minimum Gasteiger partial charge on any atom is -0.508 e. The largest absolute Gasteiger partial charge is 0.508 e. The number of benzene rings is 1. The van der Waals surface area contributed by atoms with E-state index in [0.29, 0.717) is 19.4 Å². The molecule has 118 valence electrons. The number of ether oxygens (including phenoxy) is 1. The maximum absolute atomic E-state index is 11.8. The average molecular weight is 329 g/mol. The molecule has 1 rings (SSSR count). The highest BCUT2D eigenvalue weighted by molar-refractivity contribution is 8.76. The molecule has 0 radical (unpaired) electrons. The van der Waals surface area contributed by atoms with E-state index < -0.39 is 0 Å². The van der Waals surface area contributed by atoms with E-state index in [1.165, 1.54) is 0 Å². The van der Waals surface area contributed by atoms with Gasteiger partial charge in [-0.1, -0.05) is 40.6 Å². The molecule has 0 saturated heterocycles. The van der Waals surface area contributed by atoms with Crippen molar-refractivity contribution < 1.29 is 14.6 Å². The summed E-state index contributed by atoms with van der Waals surface area (Å²) in [6.45, 7) is 2.29. The summed E-state index contributed by atoms with van der Waals surface area (Å²) in [6, 6.07) is 6.87. The molecular formula is C15H23NO3S2. The van der Waals surface area contributed by atoms with Crippen molar-refractivity contribution >= 4 is 27.6 Å². The Hall–Kier alpha value is -0.850. The number of nitrogens with two attached hydrogens (primary N) is 1. The summed E-state index contributed by atoms with van der Waals surface area (Å²) in [7, 11) is 3.34. The Morgan fingerprint density at radius 3 is 2.67 bits per heavy atom. The summed E-state index contributed by atoms with van der Waals surface area (Å²) in [5, 5.41) is 9.23. The van der Waals surface area contributed by atoms with Crippen LogP contribution < -0.4 is 5.73 Å². The van der Waals surface area contributed by atoms with E-state index in [0.717, 1.165) is 11.3 Å². The third-order valence-electron chi connectivity index (χ3n) is 3.02. The Balaban J connectivity index is 2.30. The number of hydrogen-bond donors (Lipinski definition) is 2. The van der Waals surface area contributed by atoms with Gasteiger partial charge in [-0.2, -0.15) is 0 Å². The van der Waals surface area contributed by atoms with E-state index >= 15 is 0 Å². The Morgan fingerprint density at radius 1 is 1.38 bits per heavy atom. The van der Waals surface area contributed by atoms with Crippen LogP contribution in [-0.2, 0) is 16.0 Å². The lowest BCUT2D eigenvalue weighted by molar-refractivity contribution is -0.147. The van der Waals surface area contributed by atoms with Crippen LogP contribution in [0.2, 0.25) is 0 Å². The van der Waals surface area contributed by atoms with Gasteiger partial charge in [0.2, 0.25) is 0 Å². The van der Waals surface area contributed by atoms with Crippen LogP contribution in [-0.4, -0.2) is 35.7 Å². The summed E-state index contributed by atoms with van der Waals surface area (Å²) in [5.41, 5.74) is 7.13. The van der Waals surface area contributed by atoms with Gasteiger partial charge in [-0.05, 0) is 36.8 Å². The zero-order valence-electron chi connectivity index (χ0n) is 12.5. The minimum absolute atomic E-state index is 0.0994. The van der Waals surface area contributed by atoms with Crippen LogP contribution in [0.15, 0.2) is 24.3 Å². The van der Waals surface area contributed by atoms with Gasteiger partial charge >= 0.3 is 5.97 Å². The second-order valence-corrected chi connectivity index (χ2v) is 7.61. The van der Waals surface area contributed by atoms with Gasteiger partial charge in [0.05, 0.1) is 5.92 Å². The van der Waals surface area contributed by atoms with Gasteiger partial charge in [-0.15, -0.1) is 0 Å². The molecule has 0 aromatic heterocycles. The van der Waals surface area contributed by atoms with Crippen molar-refractivity contribution in [1.82, 2.24) is 0 Å². The number of hydrogen-bond acceptors (Lipinski definition) is 6. The van der Waals surface area contributed by atoms with E-state index in [1.807, 2.05) is 25.3 Å². The quantitative estimate of drug-likeness (QED) is 0.412. The van der Waals surface area contributed by atoms with E-state index in [4.69, 9.17) is 10.5 Å². The lowest BCUT2D eigenvalue weighted by Crippen LogP contribution is -2.29. The van der Waals surface area contributed by atoms with Crippen LogP contribution in [0.25, 0.3) is 0 Å². The predicted octanol–water partition coefficient (Wildman–Crippen LogP) is 2.84. The summed E-state index contributed by atoms with van der Waals surface area (Å²) in [6.07, 6.45) is 3.27. The van der Waals surface area contributed by atoms with Crippen molar-refractivity contribution in [2.24, 2.45) is 11.7 Å². The highest BCUT2D eigenvalue weighted by Gasteiger charge is 2.18. The molecular weight excluding hydrogens is 306 g/mol. The Labute approximate surface area is 134 Å². The van der Waals surface area contributed by atoms with Crippen molar-refractivity contribution in [1.29, 1.82) is 0 Å². The van der Waals surface area contributed by atoms with Gasteiger partial charge in [0.15, 0.2) is 0 Å². The molecule has 0 fully saturated rings. The van der Waals surface area contributed by atoms with Gasteiger partial charge in [-0.25, -0.2) is 0 Å². The van der Waals surface area contributed by atoms with Crippen molar-refractivity contribution in [3.63, 3.8) is 0 Å². The van der Waals surface area contributed by atoms with Crippen LogP contribution in [0.1, 0.15) is 18.9 Å². The molecule has 0 aliphatic carbocycles. The van der Waals surface area contributed by atoms with Gasteiger partial charge in [0.1, 0.15) is 12.4 Å². The third-order valence-corrected chi connectivity index (χ3v) is 4.80. The minimum atomic E-state index is -0.198. The van der Waals surface area contributed by atoms with Crippen LogP contribution >= 0.6 is 21.6 Å². The standard InChI is InChI=1S/C15H23NO3S2/c1-11(15(18)19-7-8-21-20-2)9-13(16)10-12-3-5-14(17)6-4-12/h3-6,11,13,17H,7-10,16H2,1-2H3/t11-,13+/m0/s1. The summed E-state index contributed by atoms with van der Waals surface area (Å²) in [5.74, 6) is 0.667. The Kier molecular flexibility index (Phi) is 8.64. The fourth-order valence-electron chi connectivity index (χ4n) is 1.97. The number of carbonyl (C=O) groups excluding carboxylic acids is 1. The van der Waals surface area contributed by atoms with Crippen LogP contribution in [0, 0.1) is 5.92 Å². The van der Waals surface area contributed by atoms with Crippen LogP contribution in [0.5, 0.6) is 5.75 Å². The van der Waals surface area contributed by atoms with Crippen molar-refractivity contribution in [3.05, 3.63) is 29.8 Å². The lowest BCUT2D eigenvalue weighted by Gasteiger charge is -2.16. The molecule has 0 spiro atoms. The summed E-state index contributed by atoms with van der Waals surface area (Å²) in [4.78, 5) is 11.8. The molecule has 2 atom stereocenters. The zero-order chi connectivity index (χ0) is 15.7. The fraction of sp³-hybridized carbons (Fsp3) is 0.533. The van der Waals surface area contributed by atoms with E-state index in [-0.39, 0.29) is 23.7 Å². The molecule has 21 heavy (non-hydrogen) atoms. The molecule has 1 aromatic rings. The number of aromatic hydroxyl groups is 1. The first-order valence-electron chi connectivity index (χ1n) is 6.88. The van der Waals surface area contributed by atoms with E-state index in [9.17, 15) is 9.90 Å². The maximum atomic E-state index is 11.8. The van der Waals surface area contributed by atoms with Gasteiger partial charge in [-0.3, -0.25) is 4.79 Å². The normalized spacial score (nSPS) is 13.7. The Bertz CT molecular complexity index is 425. The average Bonchev–Trinajstić information content (AvgIpc) is 2.45. The van der Waals surface area contributed by atoms with Gasteiger partial charge in [0, 0.05) is 11.8 Å². The topological polar surface area (TPSA) is 72.5 Å². The molecule has 0 aliphatic rings. The first kappa shape index (κ1) is 18.2. The first-order valence-corrected chi connectivity index (χ1v) is 9.61. The molecule has 6 heteroatoms. The molecule has 0 amide bonds. The number of phenolic OH excluding ortho intramolecular Hbond substituents is 1. The number of rotatable bonds is 9. The van der Waals surface area contributed by atoms with Crippen molar-refractivity contribution in [3.8, 4) is 5.75 Å². The number of esters is 1. The van der Waals surface area contributed by atoms with Crippen LogP contribution in [0.3, 0.4) is 0 Å². The van der Waals surface area contributed by atoms with Crippen molar-refractivity contribution in [2.75, 3.05) is 18.6 Å². The number of carbonyl (C=O) groups is 1. The monoisotopic (exact) mass is 329 g/mol. The fourth-order valence-corrected chi connectivity index (χ4v) is 2.99. The highest BCUT2D eigenvalue weighted by Crippen LogP contribution is 2.17. The second-order valence-electron chi connectivity index (χ2n) is 4.92. The van der Waals surface area contributed by atoms with E-state index in [2.05, 4.69) is 0 Å². The molecule has 0 bridgehead atoms. The smallest absolute Gasteiger partial charge is 0.308 e. The Morgan fingerprint density at radius 2 is 2.05 bits per heavy atom. The molecule has 4 nitrogen and oxygen atoms in total. The molecule has 0 aliphatic heterocycles. The molecule has 0 unspecified atom stereocenters. The summed E-state index contributed by atoms with van der Waals surface area (Å²) >= 11 is 0. The summed E-state index contributed by atoms with van der Waals surface area (Å²) < 4.78 is 5.21. The first-order chi connectivity index (χ1) is 10.0. The van der Waals surface area contributed by atoms with E-state index in [1.54, 1.807) is 33.7 Å². The maximum Gasteiger partial charge on any atom is 0.308 e. The van der Waals surface area contributed by atoms with Crippen LogP contribution in [0.4, 0.5) is 0 Å². The van der Waals surface area contributed by atoms with Gasteiger partial charge in [0.25, 0.3) is 0 Å². The molecule has 0 heterocycles. The predicted molar refractivity (Wildman–Crippen MR) is 90.5 cm³/mol. The van der Waals surface area contributed by atoms with Crippen molar-refractivity contribution in [2.45, 2.75) is 25.8 Å².